The van der Waals surface area contributed by atoms with Crippen LogP contribution in [-0.2, 0) is 0 Å². The van der Waals surface area contributed by atoms with Gasteiger partial charge in [0, 0.05) is 27.8 Å². The Morgan fingerprint density at radius 3 is 1.66 bits per heavy atom. The van der Waals surface area contributed by atoms with Crippen LogP contribution in [0.15, 0.2) is 152 Å². The van der Waals surface area contributed by atoms with Gasteiger partial charge < -0.3 is 9.88 Å². The topological polar surface area (TPSA) is 17.0 Å². The number of rotatable bonds is 5. The maximum atomic E-state index is 3.55. The van der Waals surface area contributed by atoms with Crippen LogP contribution in [0.2, 0.25) is 0 Å². The molecule has 0 atom stereocenters. The Hall–Kier alpha value is -5.08. The van der Waals surface area contributed by atoms with E-state index in [1.54, 1.807) is 0 Å². The number of hydrogen-bond acceptors (Lipinski definition) is 1. The number of fused-ring (bicyclic) bond motifs is 3. The fourth-order valence-corrected chi connectivity index (χ4v) is 5.39. The van der Waals surface area contributed by atoms with Crippen LogP contribution in [0.5, 0.6) is 0 Å². The summed E-state index contributed by atoms with van der Waals surface area (Å²) in [5.74, 6) is 0. The molecule has 7 rings (SSSR count). The molecule has 0 fully saturated rings. The normalized spacial score (nSPS) is 11.2. The van der Waals surface area contributed by atoms with Crippen molar-refractivity contribution in [2.45, 2.75) is 0 Å². The monoisotopic (exact) mass is 486 g/mol. The lowest BCUT2D eigenvalue weighted by molar-refractivity contribution is 1.18. The van der Waals surface area contributed by atoms with E-state index in [4.69, 9.17) is 0 Å². The Morgan fingerprint density at radius 2 is 0.947 bits per heavy atom. The summed E-state index contributed by atoms with van der Waals surface area (Å²) in [4.78, 5) is 0. The first kappa shape index (κ1) is 22.1. The van der Waals surface area contributed by atoms with E-state index < -0.39 is 0 Å². The van der Waals surface area contributed by atoms with Crippen molar-refractivity contribution in [2.75, 3.05) is 5.32 Å². The zero-order valence-electron chi connectivity index (χ0n) is 20.9. The van der Waals surface area contributed by atoms with Crippen LogP contribution >= 0.6 is 0 Å². The molecule has 0 saturated carbocycles. The van der Waals surface area contributed by atoms with Gasteiger partial charge in [0.1, 0.15) is 0 Å². The molecule has 180 valence electrons. The Bertz CT molecular complexity index is 1850. The van der Waals surface area contributed by atoms with Crippen molar-refractivity contribution in [3.05, 3.63) is 152 Å². The van der Waals surface area contributed by atoms with Crippen LogP contribution in [0.1, 0.15) is 0 Å². The number of anilines is 2. The van der Waals surface area contributed by atoms with Crippen LogP contribution in [0, 0.1) is 0 Å². The maximum absolute atomic E-state index is 3.55. The number of aromatic nitrogens is 1. The molecule has 0 bridgehead atoms. The zero-order chi connectivity index (χ0) is 25.3. The number of benzene rings is 6. The molecule has 0 unspecified atom stereocenters. The predicted octanol–water partition coefficient (Wildman–Crippen LogP) is 9.86. The molecule has 0 saturated heterocycles. The highest BCUT2D eigenvalue weighted by molar-refractivity contribution is 6.15. The van der Waals surface area contributed by atoms with E-state index in [0.717, 1.165) is 11.4 Å². The molecule has 0 spiro atoms. The van der Waals surface area contributed by atoms with Crippen molar-refractivity contribution in [3.8, 4) is 27.9 Å². The minimum Gasteiger partial charge on any atom is -0.356 e. The minimum atomic E-state index is 1.07. The van der Waals surface area contributed by atoms with Gasteiger partial charge >= 0.3 is 0 Å². The summed E-state index contributed by atoms with van der Waals surface area (Å²) in [6, 6.07) is 53.7. The number of hydrogen-bond donors (Lipinski definition) is 1. The van der Waals surface area contributed by atoms with Gasteiger partial charge in [-0.25, -0.2) is 0 Å². The molecule has 0 aliphatic rings. The van der Waals surface area contributed by atoms with Crippen molar-refractivity contribution < 1.29 is 0 Å². The van der Waals surface area contributed by atoms with Crippen LogP contribution < -0.4 is 5.32 Å². The predicted molar refractivity (Wildman–Crippen MR) is 161 cm³/mol. The molecule has 0 aliphatic carbocycles. The number of para-hydroxylation sites is 2. The third-order valence-corrected chi connectivity index (χ3v) is 7.19. The van der Waals surface area contributed by atoms with Gasteiger partial charge in [-0.3, -0.25) is 0 Å². The molecular formula is C36H26N2. The van der Waals surface area contributed by atoms with Gasteiger partial charge in [0.05, 0.1) is 11.0 Å². The smallest absolute Gasteiger partial charge is 0.0547 e. The summed E-state index contributed by atoms with van der Waals surface area (Å²) in [6.45, 7) is 0. The van der Waals surface area contributed by atoms with Crippen LogP contribution in [-0.4, -0.2) is 4.57 Å². The highest BCUT2D eigenvalue weighted by Crippen LogP contribution is 2.38. The second-order valence-corrected chi connectivity index (χ2v) is 9.53. The maximum Gasteiger partial charge on any atom is 0.0547 e. The first-order valence-corrected chi connectivity index (χ1v) is 13.0. The average Bonchev–Trinajstić information content (AvgIpc) is 3.34. The lowest BCUT2D eigenvalue weighted by Gasteiger charge is -2.10. The molecule has 1 N–H and O–H groups in total. The van der Waals surface area contributed by atoms with Crippen LogP contribution in [0.4, 0.5) is 11.4 Å². The molecule has 6 aromatic carbocycles. The van der Waals surface area contributed by atoms with E-state index in [1.165, 1.54) is 49.7 Å². The summed E-state index contributed by atoms with van der Waals surface area (Å²) < 4.78 is 2.36. The summed E-state index contributed by atoms with van der Waals surface area (Å²) in [5.41, 5.74) is 10.7. The summed E-state index contributed by atoms with van der Waals surface area (Å²) >= 11 is 0. The third-order valence-electron chi connectivity index (χ3n) is 7.19. The largest absolute Gasteiger partial charge is 0.356 e. The SMILES string of the molecule is c1ccc(-c2ccc(Nc3ccc(-c4cccc5c4c4ccccc4n5-c4ccccc4)cc3)cc2)cc1. The fourth-order valence-electron chi connectivity index (χ4n) is 5.39. The van der Waals surface area contributed by atoms with E-state index in [1.807, 2.05) is 6.07 Å². The minimum absolute atomic E-state index is 1.07. The van der Waals surface area contributed by atoms with E-state index in [9.17, 15) is 0 Å². The molecule has 2 nitrogen and oxygen atoms in total. The van der Waals surface area contributed by atoms with Crippen molar-refractivity contribution in [1.29, 1.82) is 0 Å². The molecule has 0 amide bonds. The first-order valence-electron chi connectivity index (χ1n) is 13.0. The Balaban J connectivity index is 1.24. The first-order chi connectivity index (χ1) is 18.8. The molecule has 38 heavy (non-hydrogen) atoms. The second-order valence-electron chi connectivity index (χ2n) is 9.53. The summed E-state index contributed by atoms with van der Waals surface area (Å²) in [5, 5.41) is 6.10. The van der Waals surface area contributed by atoms with Gasteiger partial charge in [0.15, 0.2) is 0 Å². The lowest BCUT2D eigenvalue weighted by Crippen LogP contribution is -1.93. The quantitative estimate of drug-likeness (QED) is 0.256. The summed E-state index contributed by atoms with van der Waals surface area (Å²) in [7, 11) is 0. The summed E-state index contributed by atoms with van der Waals surface area (Å²) in [6.07, 6.45) is 0. The van der Waals surface area contributed by atoms with Gasteiger partial charge in [0.25, 0.3) is 0 Å². The van der Waals surface area contributed by atoms with Crippen LogP contribution in [0.25, 0.3) is 49.7 Å². The van der Waals surface area contributed by atoms with Crippen LogP contribution in [0.3, 0.4) is 0 Å². The van der Waals surface area contributed by atoms with Gasteiger partial charge in [-0.2, -0.15) is 0 Å². The highest BCUT2D eigenvalue weighted by Gasteiger charge is 2.15. The zero-order valence-corrected chi connectivity index (χ0v) is 20.9. The van der Waals surface area contributed by atoms with Crippen molar-refractivity contribution in [3.63, 3.8) is 0 Å². The molecule has 0 radical (unpaired) electrons. The van der Waals surface area contributed by atoms with E-state index >= 15 is 0 Å². The lowest BCUT2D eigenvalue weighted by atomic mass is 9.99. The van der Waals surface area contributed by atoms with Crippen molar-refractivity contribution in [1.82, 2.24) is 4.57 Å². The Labute approximate surface area is 222 Å². The van der Waals surface area contributed by atoms with Gasteiger partial charge in [-0.05, 0) is 70.8 Å². The molecule has 2 heteroatoms. The van der Waals surface area contributed by atoms with Gasteiger partial charge in [-0.1, -0.05) is 103 Å². The molecule has 1 heterocycles. The fraction of sp³-hybridized carbons (Fsp3) is 0. The molecule has 1 aromatic heterocycles. The van der Waals surface area contributed by atoms with E-state index in [-0.39, 0.29) is 0 Å². The molecule has 7 aromatic rings. The molecular weight excluding hydrogens is 460 g/mol. The van der Waals surface area contributed by atoms with E-state index in [0.29, 0.717) is 0 Å². The standard InChI is InChI=1S/C36H26N2/c1-3-10-26(11-4-1)27-18-22-29(23-19-27)37-30-24-20-28(21-25-30)32-15-9-17-35-36(32)33-14-7-8-16-34(33)38(35)31-12-5-2-6-13-31/h1-25,37H. The van der Waals surface area contributed by atoms with E-state index in [2.05, 4.69) is 155 Å². The Kier molecular flexibility index (Phi) is 5.49. The Morgan fingerprint density at radius 1 is 0.395 bits per heavy atom. The average molecular weight is 487 g/mol. The third kappa shape index (κ3) is 3.93. The molecule has 0 aliphatic heterocycles. The second kappa shape index (κ2) is 9.42. The number of nitrogens with zero attached hydrogens (tertiary/aromatic N) is 1. The number of nitrogens with one attached hydrogen (secondary N) is 1. The van der Waals surface area contributed by atoms with Crippen molar-refractivity contribution in [2.24, 2.45) is 0 Å². The highest BCUT2D eigenvalue weighted by atomic mass is 15.0. The van der Waals surface area contributed by atoms with Gasteiger partial charge in [0.2, 0.25) is 0 Å². The van der Waals surface area contributed by atoms with Crippen molar-refractivity contribution >= 4 is 33.2 Å². The van der Waals surface area contributed by atoms with Gasteiger partial charge in [-0.15, -0.1) is 0 Å².